The van der Waals surface area contributed by atoms with Gasteiger partial charge in [0.05, 0.1) is 0 Å². The molecule has 2 nitrogen and oxygen atoms in total. The van der Waals surface area contributed by atoms with Crippen LogP contribution in [0.5, 0.6) is 0 Å². The number of carbonyl (C=O) groups is 1. The van der Waals surface area contributed by atoms with Gasteiger partial charge in [-0.05, 0) is 0 Å². The fourth-order valence-corrected chi connectivity index (χ4v) is 3.27. The summed E-state index contributed by atoms with van der Waals surface area (Å²) >= 11 is 0.166. The van der Waals surface area contributed by atoms with Crippen molar-refractivity contribution in [2.45, 2.75) is 6.92 Å². The Bertz CT molecular complexity index is 532. The van der Waals surface area contributed by atoms with E-state index in [4.69, 9.17) is 5.11 Å². The first-order valence-electron chi connectivity index (χ1n) is 5.23. The van der Waals surface area contributed by atoms with Gasteiger partial charge in [-0.15, -0.1) is 0 Å². The average Bonchev–Trinajstić information content (AvgIpc) is 2.32. The van der Waals surface area contributed by atoms with Crippen molar-refractivity contribution < 1.29 is 9.90 Å². The first-order chi connectivity index (χ1) is 8.15. The fourth-order valence-electron chi connectivity index (χ4n) is 1.44. The van der Waals surface area contributed by atoms with Gasteiger partial charge in [0.2, 0.25) is 0 Å². The maximum absolute atomic E-state index is 10.9. The van der Waals surface area contributed by atoms with Gasteiger partial charge in [0, 0.05) is 0 Å². The van der Waals surface area contributed by atoms with Crippen molar-refractivity contribution in [1.82, 2.24) is 0 Å². The zero-order valence-corrected chi connectivity index (χ0v) is 11.1. The summed E-state index contributed by atoms with van der Waals surface area (Å²) in [6.45, 7) is 2.06. The molecule has 2 aromatic carbocycles. The van der Waals surface area contributed by atoms with Crippen molar-refractivity contribution >= 4 is 29.8 Å². The van der Waals surface area contributed by atoms with Crippen LogP contribution in [0.4, 0.5) is 0 Å². The third kappa shape index (κ3) is 3.19. The maximum atomic E-state index is 10.9. The van der Waals surface area contributed by atoms with Gasteiger partial charge in [-0.25, -0.2) is 0 Å². The van der Waals surface area contributed by atoms with Gasteiger partial charge in [-0.1, -0.05) is 0 Å². The van der Waals surface area contributed by atoms with Crippen LogP contribution in [0.15, 0.2) is 48.5 Å². The van der Waals surface area contributed by atoms with Crippen molar-refractivity contribution in [1.29, 1.82) is 0 Å². The van der Waals surface area contributed by atoms with Crippen LogP contribution in [0.25, 0.3) is 0 Å². The fraction of sp³-hybridized carbons (Fsp3) is 0.0714. The van der Waals surface area contributed by atoms with Crippen LogP contribution < -0.4 is 8.92 Å². The van der Waals surface area contributed by atoms with E-state index in [1.807, 2.05) is 6.07 Å². The normalized spacial score (nSPS) is 10.2. The van der Waals surface area contributed by atoms with Gasteiger partial charge < -0.3 is 0 Å². The van der Waals surface area contributed by atoms with Crippen molar-refractivity contribution in [2.24, 2.45) is 0 Å². The Morgan fingerprint density at radius 2 is 1.76 bits per heavy atom. The molecule has 3 heteroatoms. The second kappa shape index (κ2) is 5.17. The van der Waals surface area contributed by atoms with Crippen LogP contribution in [0.3, 0.4) is 0 Å². The molecule has 0 bridgehead atoms. The van der Waals surface area contributed by atoms with Crippen LogP contribution in [0, 0.1) is 6.92 Å². The molecule has 0 unspecified atom stereocenters. The van der Waals surface area contributed by atoms with Crippen LogP contribution in [-0.4, -0.2) is 26.0 Å². The number of rotatable bonds is 3. The molecular weight excluding hydrogens is 279 g/mol. The number of aryl methyl sites for hydroxylation is 1. The Kier molecular flexibility index (Phi) is 3.62. The summed E-state index contributed by atoms with van der Waals surface area (Å²) in [7, 11) is 0. The number of hydrogen-bond acceptors (Lipinski definition) is 1. The van der Waals surface area contributed by atoms with Gasteiger partial charge in [0.25, 0.3) is 0 Å². The average molecular weight is 291 g/mol. The second-order valence-corrected chi connectivity index (χ2v) is 6.15. The van der Waals surface area contributed by atoms with E-state index >= 15 is 0 Å². The summed E-state index contributed by atoms with van der Waals surface area (Å²) in [5.41, 5.74) is 1.60. The molecular formula is C14H12O2Se. The molecule has 2 aromatic rings. The molecule has 0 aromatic heterocycles. The summed E-state index contributed by atoms with van der Waals surface area (Å²) in [5, 5.41) is 8.92. The van der Waals surface area contributed by atoms with Crippen molar-refractivity contribution in [3.63, 3.8) is 0 Å². The zero-order valence-electron chi connectivity index (χ0n) is 9.38. The zero-order chi connectivity index (χ0) is 12.3. The summed E-state index contributed by atoms with van der Waals surface area (Å²) < 4.78 is 2.34. The molecule has 0 aliphatic carbocycles. The summed E-state index contributed by atoms with van der Waals surface area (Å²) in [5.74, 6) is -0.869. The Hall–Kier alpha value is -1.57. The van der Waals surface area contributed by atoms with Crippen LogP contribution in [0.2, 0.25) is 0 Å². The van der Waals surface area contributed by atoms with Crippen LogP contribution in [0.1, 0.15) is 15.9 Å². The quantitative estimate of drug-likeness (QED) is 0.867. The first-order valence-corrected chi connectivity index (χ1v) is 6.94. The van der Waals surface area contributed by atoms with Gasteiger partial charge >= 0.3 is 106 Å². The first kappa shape index (κ1) is 11.9. The third-order valence-electron chi connectivity index (χ3n) is 2.34. The molecule has 0 atom stereocenters. The van der Waals surface area contributed by atoms with E-state index in [1.54, 1.807) is 18.2 Å². The predicted octanol–water partition coefficient (Wildman–Crippen LogP) is 1.35. The number of benzene rings is 2. The number of carboxylic acid groups (broad SMARTS) is 1. The van der Waals surface area contributed by atoms with Gasteiger partial charge in [-0.3, -0.25) is 0 Å². The standard InChI is InChI=1S/C14H12O2Se/c1-10-5-7-12(8-6-10)17-13-4-2-3-11(9-13)14(15)16/h2-9H,1H3,(H,15,16). The van der Waals surface area contributed by atoms with E-state index in [2.05, 4.69) is 31.2 Å². The van der Waals surface area contributed by atoms with E-state index < -0.39 is 5.97 Å². The molecule has 0 fully saturated rings. The van der Waals surface area contributed by atoms with Crippen molar-refractivity contribution in [3.05, 3.63) is 59.7 Å². The molecule has 0 saturated heterocycles. The van der Waals surface area contributed by atoms with Gasteiger partial charge in [0.15, 0.2) is 0 Å². The molecule has 0 saturated carbocycles. The molecule has 0 spiro atoms. The molecule has 0 aliphatic rings. The van der Waals surface area contributed by atoms with Crippen molar-refractivity contribution in [2.75, 3.05) is 0 Å². The number of aromatic carboxylic acids is 1. The third-order valence-corrected chi connectivity index (χ3v) is 4.43. The van der Waals surface area contributed by atoms with Crippen molar-refractivity contribution in [3.8, 4) is 0 Å². The molecule has 17 heavy (non-hydrogen) atoms. The summed E-state index contributed by atoms with van der Waals surface area (Å²) in [4.78, 5) is 10.9. The molecule has 2 rings (SSSR count). The molecule has 1 N–H and O–H groups in total. The molecule has 0 amide bonds. The topological polar surface area (TPSA) is 37.3 Å². The van der Waals surface area contributed by atoms with E-state index in [1.165, 1.54) is 10.0 Å². The Morgan fingerprint density at radius 1 is 1.06 bits per heavy atom. The van der Waals surface area contributed by atoms with Gasteiger partial charge in [-0.2, -0.15) is 0 Å². The van der Waals surface area contributed by atoms with Crippen LogP contribution in [-0.2, 0) is 0 Å². The molecule has 0 heterocycles. The van der Waals surface area contributed by atoms with E-state index in [0.717, 1.165) is 4.46 Å². The van der Waals surface area contributed by atoms with Crippen LogP contribution >= 0.6 is 0 Å². The Labute approximate surface area is 106 Å². The van der Waals surface area contributed by atoms with Gasteiger partial charge in [0.1, 0.15) is 0 Å². The SMILES string of the molecule is Cc1ccc([Se]c2cccc(C(=O)O)c2)cc1. The molecule has 0 aliphatic heterocycles. The number of carboxylic acids is 1. The number of hydrogen-bond donors (Lipinski definition) is 1. The van der Waals surface area contributed by atoms with E-state index in [0.29, 0.717) is 5.56 Å². The molecule has 86 valence electrons. The van der Waals surface area contributed by atoms with E-state index in [9.17, 15) is 4.79 Å². The predicted molar refractivity (Wildman–Crippen MR) is 69.6 cm³/mol. The molecule has 0 radical (unpaired) electrons. The minimum absolute atomic E-state index is 0.166. The van der Waals surface area contributed by atoms with E-state index in [-0.39, 0.29) is 15.0 Å². The minimum atomic E-state index is -0.869. The Balaban J connectivity index is 2.21. The summed E-state index contributed by atoms with van der Waals surface area (Å²) in [6.07, 6.45) is 0. The monoisotopic (exact) mass is 292 g/mol. The summed E-state index contributed by atoms with van der Waals surface area (Å²) in [6, 6.07) is 15.5. The Morgan fingerprint density at radius 3 is 2.41 bits per heavy atom. The second-order valence-electron chi connectivity index (χ2n) is 3.75.